The van der Waals surface area contributed by atoms with Crippen molar-refractivity contribution in [2.45, 2.75) is 210 Å². The standard InChI is InChI=1S/C83H106N6O6/c1-22-90-74-55-34-53-26-25-27-54(73(53)93-50-70-84-28-31-87(70)19)35-56-41-66(80(7,8)9)43-58(75(56)91-23-2)37-62-47-69(83(16,17)18)49-64(78(62)95-52-72-86-30-33-89(72)21)39-60-45-67(81(10,11)12)44-59(76(60)92-24-3)38-63-48-68(82(13,14)15)46-61(36-57(74)42-65(40-55)79(4,5)6)77(63)94-51-71-85-29-32-88(71)20/h25-33,40-49H,22-24,34-39,50-52H2,1-21H3. The predicted octanol–water partition coefficient (Wildman–Crippen LogP) is 18.2. The van der Waals surface area contributed by atoms with Gasteiger partial charge < -0.3 is 42.1 Å². The summed E-state index contributed by atoms with van der Waals surface area (Å²) in [6, 6.07) is 30.5. The fourth-order valence-corrected chi connectivity index (χ4v) is 13.0. The molecular formula is C83H106N6O6. The largest absolute Gasteiger partial charge is 0.493 e. The van der Waals surface area contributed by atoms with Gasteiger partial charge in [0.1, 0.15) is 71.8 Å². The smallest absolute Gasteiger partial charge is 0.146 e. The summed E-state index contributed by atoms with van der Waals surface area (Å²) >= 11 is 0. The van der Waals surface area contributed by atoms with Gasteiger partial charge in [-0.25, -0.2) is 15.0 Å². The Morgan fingerprint density at radius 3 is 0.663 bits per heavy atom. The summed E-state index contributed by atoms with van der Waals surface area (Å²) in [5.41, 5.74) is 17.9. The fraction of sp³-hybridized carbons (Fsp3) is 0.458. The lowest BCUT2D eigenvalue weighted by Gasteiger charge is -2.29. The number of hydrogen-bond donors (Lipinski definition) is 0. The van der Waals surface area contributed by atoms with Crippen molar-refractivity contribution < 1.29 is 28.4 Å². The number of hydrogen-bond acceptors (Lipinski definition) is 9. The second kappa shape index (κ2) is 27.8. The van der Waals surface area contributed by atoms with Crippen LogP contribution in [0.2, 0.25) is 0 Å². The summed E-state index contributed by atoms with van der Waals surface area (Å²) in [6.07, 6.45) is 14.7. The molecule has 0 radical (unpaired) electrons. The number of rotatable bonds is 15. The average Bonchev–Trinajstić information content (AvgIpc) is 1.09. The molecule has 6 aromatic carbocycles. The number of aryl methyl sites for hydroxylation is 3. The molecule has 0 saturated heterocycles. The zero-order chi connectivity index (χ0) is 68.5. The molecule has 3 heterocycles. The second-order valence-corrected chi connectivity index (χ2v) is 31.4. The number of benzene rings is 6. The average molecular weight is 1280 g/mol. The third-order valence-electron chi connectivity index (χ3n) is 18.7. The highest BCUT2D eigenvalue weighted by molar-refractivity contribution is 5.61. The van der Waals surface area contributed by atoms with Crippen LogP contribution in [0.3, 0.4) is 0 Å². The molecule has 12 nitrogen and oxygen atoms in total. The van der Waals surface area contributed by atoms with E-state index in [0.29, 0.717) is 58.3 Å². The minimum atomic E-state index is -0.234. The molecule has 10 rings (SSSR count). The Labute approximate surface area is 567 Å². The first-order chi connectivity index (χ1) is 44.8. The highest BCUT2D eigenvalue weighted by Crippen LogP contribution is 2.46. The molecule has 12 heteroatoms. The molecule has 0 saturated carbocycles. The van der Waals surface area contributed by atoms with Gasteiger partial charge in [0.25, 0.3) is 0 Å². The zero-order valence-electron chi connectivity index (χ0n) is 61.1. The summed E-state index contributed by atoms with van der Waals surface area (Å²) in [7, 11) is 6.08. The van der Waals surface area contributed by atoms with E-state index < -0.39 is 0 Å². The number of nitrogens with zero attached hydrogens (tertiary/aromatic N) is 6. The van der Waals surface area contributed by atoms with E-state index in [1.165, 1.54) is 27.8 Å². The molecule has 0 fully saturated rings. The lowest BCUT2D eigenvalue weighted by molar-refractivity contribution is 0.285. The van der Waals surface area contributed by atoms with Crippen LogP contribution in [0.25, 0.3) is 0 Å². The van der Waals surface area contributed by atoms with Gasteiger partial charge in [-0.05, 0) is 142 Å². The molecule has 1 aliphatic rings. The predicted molar refractivity (Wildman–Crippen MR) is 385 cm³/mol. The van der Waals surface area contributed by atoms with Crippen LogP contribution in [0, 0.1) is 0 Å². The van der Waals surface area contributed by atoms with E-state index in [1.807, 2.05) is 72.0 Å². The van der Waals surface area contributed by atoms with Gasteiger partial charge in [0.2, 0.25) is 0 Å². The van der Waals surface area contributed by atoms with E-state index in [0.717, 1.165) is 119 Å². The van der Waals surface area contributed by atoms with Crippen molar-refractivity contribution in [3.05, 3.63) is 228 Å². The summed E-state index contributed by atoms with van der Waals surface area (Å²) < 4.78 is 49.4. The number of aromatic nitrogens is 6. The summed E-state index contributed by atoms with van der Waals surface area (Å²) in [5, 5.41) is 0. The van der Waals surface area contributed by atoms with E-state index in [-0.39, 0.29) is 46.9 Å². The van der Waals surface area contributed by atoms with E-state index >= 15 is 0 Å². The van der Waals surface area contributed by atoms with E-state index in [4.69, 9.17) is 43.4 Å². The lowest BCUT2D eigenvalue weighted by atomic mass is 9.79. The lowest BCUT2D eigenvalue weighted by Crippen LogP contribution is -2.17. The molecule has 0 aliphatic heterocycles. The summed E-state index contributed by atoms with van der Waals surface area (Å²) in [6.45, 7) is 43.2. The van der Waals surface area contributed by atoms with Crippen LogP contribution in [0.15, 0.2) is 116 Å². The number of para-hydroxylation sites is 1. The van der Waals surface area contributed by atoms with E-state index in [1.54, 1.807) is 0 Å². The van der Waals surface area contributed by atoms with Crippen LogP contribution in [0.4, 0.5) is 0 Å². The summed E-state index contributed by atoms with van der Waals surface area (Å²) in [5.74, 6) is 7.60. The third-order valence-corrected chi connectivity index (χ3v) is 18.7. The second-order valence-electron chi connectivity index (χ2n) is 31.4. The first-order valence-electron chi connectivity index (χ1n) is 34.4. The molecule has 3 aromatic heterocycles. The number of fused-ring (bicyclic) bond motifs is 12. The van der Waals surface area contributed by atoms with Gasteiger partial charge in [0.15, 0.2) is 0 Å². The number of imidazole rings is 3. The maximum Gasteiger partial charge on any atom is 0.146 e. The molecule has 12 bridgehead atoms. The van der Waals surface area contributed by atoms with Crippen molar-refractivity contribution >= 4 is 0 Å². The van der Waals surface area contributed by atoms with Gasteiger partial charge in [0.05, 0.1) is 19.8 Å². The third kappa shape index (κ3) is 16.0. The Morgan fingerprint density at radius 1 is 0.295 bits per heavy atom. The van der Waals surface area contributed by atoms with Gasteiger partial charge >= 0.3 is 0 Å². The summed E-state index contributed by atoms with van der Waals surface area (Å²) in [4.78, 5) is 14.4. The van der Waals surface area contributed by atoms with Crippen molar-refractivity contribution in [1.82, 2.24) is 28.7 Å². The highest BCUT2D eigenvalue weighted by Gasteiger charge is 2.31. The molecule has 0 spiro atoms. The van der Waals surface area contributed by atoms with Crippen LogP contribution in [-0.4, -0.2) is 48.5 Å². The van der Waals surface area contributed by atoms with Gasteiger partial charge in [-0.15, -0.1) is 0 Å². The molecule has 95 heavy (non-hydrogen) atoms. The topological polar surface area (TPSA) is 109 Å². The number of ether oxygens (including phenoxy) is 6. The van der Waals surface area contributed by atoms with E-state index in [2.05, 4.69) is 203 Å². The van der Waals surface area contributed by atoms with Crippen molar-refractivity contribution in [2.24, 2.45) is 21.1 Å². The molecule has 504 valence electrons. The van der Waals surface area contributed by atoms with Crippen molar-refractivity contribution in [3.63, 3.8) is 0 Å². The van der Waals surface area contributed by atoms with Crippen molar-refractivity contribution in [3.8, 4) is 34.5 Å². The Morgan fingerprint density at radius 2 is 0.484 bits per heavy atom. The van der Waals surface area contributed by atoms with Gasteiger partial charge in [-0.2, -0.15) is 0 Å². The Kier molecular flexibility index (Phi) is 20.4. The first kappa shape index (κ1) is 69.6. The minimum Gasteiger partial charge on any atom is -0.493 e. The molecule has 1 aliphatic carbocycles. The first-order valence-corrected chi connectivity index (χ1v) is 34.4. The van der Waals surface area contributed by atoms with E-state index in [9.17, 15) is 0 Å². The Hall–Kier alpha value is -8.25. The maximum atomic E-state index is 7.37. The van der Waals surface area contributed by atoms with Gasteiger partial charge in [-0.3, -0.25) is 0 Å². The highest BCUT2D eigenvalue weighted by atomic mass is 16.5. The molecular weight excluding hydrogens is 1180 g/mol. The van der Waals surface area contributed by atoms with Crippen LogP contribution in [0.1, 0.15) is 237 Å². The van der Waals surface area contributed by atoms with Crippen LogP contribution in [-0.2, 0) is 107 Å². The zero-order valence-corrected chi connectivity index (χ0v) is 61.1. The molecule has 0 N–H and O–H groups in total. The quantitative estimate of drug-likeness (QED) is 0.0991. The molecule has 0 amide bonds. The fourth-order valence-electron chi connectivity index (χ4n) is 13.0. The Balaban J connectivity index is 1.33. The van der Waals surface area contributed by atoms with Crippen LogP contribution in [0.5, 0.6) is 34.5 Å². The Bertz CT molecular complexity index is 3970. The minimum absolute atomic E-state index is 0.219. The maximum absolute atomic E-state index is 7.37. The molecule has 9 aromatic rings. The van der Waals surface area contributed by atoms with Crippen LogP contribution < -0.4 is 28.4 Å². The van der Waals surface area contributed by atoms with Crippen molar-refractivity contribution in [1.29, 1.82) is 0 Å². The molecule has 0 unspecified atom stereocenters. The van der Waals surface area contributed by atoms with Crippen LogP contribution >= 0.6 is 0 Å². The molecule has 0 atom stereocenters. The van der Waals surface area contributed by atoms with Gasteiger partial charge in [0, 0.05) is 96.8 Å². The van der Waals surface area contributed by atoms with Gasteiger partial charge in [-0.1, -0.05) is 183 Å². The normalized spacial score (nSPS) is 13.3. The van der Waals surface area contributed by atoms with Crippen molar-refractivity contribution in [2.75, 3.05) is 19.8 Å². The SMILES string of the molecule is CCOc1c2cc(C(C)(C)C)cc1Cc1cc(C(C)(C)C)cc(c1OCc1nccn1C)Cc1cc(C(C)(C)C)cc(c1OCC)Cc1cc(C(C)(C)C)cc(c1OCc1nccn1C)Cc1cc(C(C)(C)C)cc(c1OCC)Cc1cccc(c1OCc1nccn1C)C2. The monoisotopic (exact) mass is 1280 g/mol.